The van der Waals surface area contributed by atoms with Crippen molar-refractivity contribution in [1.29, 1.82) is 0 Å². The van der Waals surface area contributed by atoms with Crippen LogP contribution in [0.5, 0.6) is 0 Å². The molecule has 2 heterocycles. The third-order valence-electron chi connectivity index (χ3n) is 4.78. The van der Waals surface area contributed by atoms with Gasteiger partial charge in [0.25, 0.3) is 0 Å². The van der Waals surface area contributed by atoms with Crippen LogP contribution in [0.4, 0.5) is 0 Å². The number of nitrogens with zero attached hydrogens (tertiary/aromatic N) is 2. The molecule has 2 aliphatic rings. The van der Waals surface area contributed by atoms with Gasteiger partial charge in [-0.1, -0.05) is 13.3 Å². The zero-order valence-electron chi connectivity index (χ0n) is 11.6. The fraction of sp³-hybridized carbons (Fsp3) is 1.00. The maximum Gasteiger partial charge on any atom is 0.0458 e. The lowest BCUT2D eigenvalue weighted by Crippen LogP contribution is -2.61. The Morgan fingerprint density at radius 3 is 2.82 bits per heavy atom. The molecule has 100 valence electrons. The van der Waals surface area contributed by atoms with Crippen molar-refractivity contribution in [3.05, 3.63) is 0 Å². The van der Waals surface area contributed by atoms with E-state index in [0.717, 1.165) is 12.5 Å². The summed E-state index contributed by atoms with van der Waals surface area (Å²) in [5.41, 5.74) is 6.42. The lowest BCUT2D eigenvalue weighted by Gasteiger charge is -2.47. The van der Waals surface area contributed by atoms with Gasteiger partial charge in [0.1, 0.15) is 0 Å². The van der Waals surface area contributed by atoms with Crippen LogP contribution in [0.15, 0.2) is 0 Å². The van der Waals surface area contributed by atoms with Gasteiger partial charge in [-0.25, -0.2) is 0 Å². The number of likely N-dealkylation sites (N-methyl/N-ethyl adjacent to an activating group) is 1. The van der Waals surface area contributed by atoms with Crippen molar-refractivity contribution in [3.8, 4) is 0 Å². The van der Waals surface area contributed by atoms with Crippen LogP contribution in [0.25, 0.3) is 0 Å². The topological polar surface area (TPSA) is 32.5 Å². The van der Waals surface area contributed by atoms with Crippen LogP contribution in [-0.2, 0) is 0 Å². The second-order valence-corrected chi connectivity index (χ2v) is 6.16. The van der Waals surface area contributed by atoms with Crippen molar-refractivity contribution in [2.45, 2.75) is 44.6 Å². The quantitative estimate of drug-likeness (QED) is 0.807. The Morgan fingerprint density at radius 2 is 2.18 bits per heavy atom. The Kier molecular flexibility index (Phi) is 4.45. The molecule has 2 aliphatic heterocycles. The highest BCUT2D eigenvalue weighted by molar-refractivity contribution is 4.99. The maximum atomic E-state index is 6.13. The van der Waals surface area contributed by atoms with E-state index >= 15 is 0 Å². The predicted octanol–water partition coefficient (Wildman–Crippen LogP) is 1.53. The number of hydrogen-bond donors (Lipinski definition) is 1. The molecule has 2 saturated heterocycles. The van der Waals surface area contributed by atoms with E-state index in [9.17, 15) is 0 Å². The van der Waals surface area contributed by atoms with Crippen LogP contribution >= 0.6 is 0 Å². The van der Waals surface area contributed by atoms with Crippen LogP contribution in [0.3, 0.4) is 0 Å². The molecule has 0 saturated carbocycles. The molecule has 2 N–H and O–H groups in total. The average molecular weight is 239 g/mol. The van der Waals surface area contributed by atoms with E-state index in [1.165, 1.54) is 58.3 Å². The van der Waals surface area contributed by atoms with Crippen LogP contribution < -0.4 is 5.73 Å². The number of rotatable bonds is 4. The molecule has 0 radical (unpaired) electrons. The molecule has 3 heteroatoms. The zero-order valence-corrected chi connectivity index (χ0v) is 11.6. The first-order valence-electron chi connectivity index (χ1n) is 7.34. The van der Waals surface area contributed by atoms with Gasteiger partial charge in [0.2, 0.25) is 0 Å². The summed E-state index contributed by atoms with van der Waals surface area (Å²) in [7, 11) is 2.24. The van der Waals surface area contributed by atoms with Gasteiger partial charge in [-0.05, 0) is 51.7 Å². The van der Waals surface area contributed by atoms with Crippen LogP contribution in [-0.4, -0.2) is 55.1 Å². The SMILES string of the molecule is CCCC1CCN(C2(CN)CCCN(C)C2)C1. The van der Waals surface area contributed by atoms with Crippen molar-refractivity contribution >= 4 is 0 Å². The van der Waals surface area contributed by atoms with Crippen LogP contribution in [0, 0.1) is 5.92 Å². The largest absolute Gasteiger partial charge is 0.329 e. The Balaban J connectivity index is 1.98. The van der Waals surface area contributed by atoms with Gasteiger partial charge in [0, 0.05) is 25.2 Å². The maximum absolute atomic E-state index is 6.13. The zero-order chi connectivity index (χ0) is 12.3. The molecule has 3 nitrogen and oxygen atoms in total. The van der Waals surface area contributed by atoms with Gasteiger partial charge in [0.15, 0.2) is 0 Å². The molecule has 0 aromatic carbocycles. The van der Waals surface area contributed by atoms with E-state index in [4.69, 9.17) is 5.73 Å². The van der Waals surface area contributed by atoms with Gasteiger partial charge < -0.3 is 10.6 Å². The lowest BCUT2D eigenvalue weighted by molar-refractivity contribution is 0.0403. The Morgan fingerprint density at radius 1 is 1.35 bits per heavy atom. The second kappa shape index (κ2) is 5.68. The van der Waals surface area contributed by atoms with Crippen molar-refractivity contribution in [1.82, 2.24) is 9.80 Å². The number of likely N-dealkylation sites (tertiary alicyclic amines) is 2. The first-order chi connectivity index (χ1) is 8.20. The number of nitrogens with two attached hydrogens (primary N) is 1. The van der Waals surface area contributed by atoms with Crippen LogP contribution in [0.1, 0.15) is 39.0 Å². The van der Waals surface area contributed by atoms with Gasteiger partial charge >= 0.3 is 0 Å². The molecule has 0 spiro atoms. The number of hydrogen-bond acceptors (Lipinski definition) is 3. The first-order valence-corrected chi connectivity index (χ1v) is 7.34. The van der Waals surface area contributed by atoms with Gasteiger partial charge in [0.05, 0.1) is 0 Å². The summed E-state index contributed by atoms with van der Waals surface area (Å²) in [6.07, 6.45) is 6.72. The van der Waals surface area contributed by atoms with Crippen molar-refractivity contribution < 1.29 is 0 Å². The highest BCUT2D eigenvalue weighted by Crippen LogP contribution is 2.32. The van der Waals surface area contributed by atoms with E-state index in [2.05, 4.69) is 23.8 Å². The van der Waals surface area contributed by atoms with E-state index < -0.39 is 0 Å². The molecule has 0 aromatic heterocycles. The number of piperidine rings is 1. The molecular formula is C14H29N3. The predicted molar refractivity (Wildman–Crippen MR) is 73.1 cm³/mol. The third kappa shape index (κ3) is 2.83. The minimum Gasteiger partial charge on any atom is -0.329 e. The lowest BCUT2D eigenvalue weighted by atomic mass is 9.87. The molecule has 2 rings (SSSR count). The molecular weight excluding hydrogens is 210 g/mol. The van der Waals surface area contributed by atoms with E-state index in [1.807, 2.05) is 0 Å². The molecule has 0 amide bonds. The van der Waals surface area contributed by atoms with Gasteiger partial charge in [-0.3, -0.25) is 4.90 Å². The molecule has 0 aromatic rings. The van der Waals surface area contributed by atoms with Gasteiger partial charge in [-0.2, -0.15) is 0 Å². The van der Waals surface area contributed by atoms with E-state index in [-0.39, 0.29) is 5.54 Å². The fourth-order valence-electron chi connectivity index (χ4n) is 3.80. The molecule has 2 atom stereocenters. The first kappa shape index (κ1) is 13.3. The summed E-state index contributed by atoms with van der Waals surface area (Å²) in [5.74, 6) is 0.927. The Labute approximate surface area is 106 Å². The molecule has 0 bridgehead atoms. The average Bonchev–Trinajstić information content (AvgIpc) is 2.78. The summed E-state index contributed by atoms with van der Waals surface area (Å²) in [6, 6.07) is 0. The Hall–Kier alpha value is -0.120. The standard InChI is InChI=1S/C14H29N3/c1-3-5-13-6-9-17(10-13)14(11-15)7-4-8-16(2)12-14/h13H,3-12,15H2,1-2H3. The van der Waals surface area contributed by atoms with Crippen molar-refractivity contribution in [2.75, 3.05) is 39.8 Å². The minimum absolute atomic E-state index is 0.287. The van der Waals surface area contributed by atoms with E-state index in [1.54, 1.807) is 0 Å². The molecule has 0 aliphatic carbocycles. The summed E-state index contributed by atoms with van der Waals surface area (Å²) < 4.78 is 0. The summed E-state index contributed by atoms with van der Waals surface area (Å²) >= 11 is 0. The molecule has 17 heavy (non-hydrogen) atoms. The van der Waals surface area contributed by atoms with Gasteiger partial charge in [-0.15, -0.1) is 0 Å². The summed E-state index contributed by atoms with van der Waals surface area (Å²) in [6.45, 7) is 8.11. The van der Waals surface area contributed by atoms with Crippen molar-refractivity contribution in [3.63, 3.8) is 0 Å². The molecule has 2 unspecified atom stereocenters. The minimum atomic E-state index is 0.287. The fourth-order valence-corrected chi connectivity index (χ4v) is 3.80. The Bertz CT molecular complexity index is 244. The third-order valence-corrected chi connectivity index (χ3v) is 4.78. The summed E-state index contributed by atoms with van der Waals surface area (Å²) in [5, 5.41) is 0. The normalized spacial score (nSPS) is 36.5. The van der Waals surface area contributed by atoms with E-state index in [0.29, 0.717) is 0 Å². The van der Waals surface area contributed by atoms with Crippen LogP contribution in [0.2, 0.25) is 0 Å². The smallest absolute Gasteiger partial charge is 0.0458 e. The monoisotopic (exact) mass is 239 g/mol. The second-order valence-electron chi connectivity index (χ2n) is 6.16. The highest BCUT2D eigenvalue weighted by Gasteiger charge is 2.41. The van der Waals surface area contributed by atoms with Crippen molar-refractivity contribution in [2.24, 2.45) is 11.7 Å². The highest BCUT2D eigenvalue weighted by atomic mass is 15.3. The summed E-state index contributed by atoms with van der Waals surface area (Å²) in [4.78, 5) is 5.17. The molecule has 2 fully saturated rings.